The average Bonchev–Trinajstić information content (AvgIpc) is 3.34. The molecule has 12 heteroatoms. The molecular weight excluding hydrogens is 591 g/mol. The lowest BCUT2D eigenvalue weighted by molar-refractivity contribution is -0.139. The molecule has 2 aromatic rings. The molecule has 0 aromatic heterocycles. The number of aliphatic hydroxyl groups excluding tert-OH is 1. The number of fused-ring (bicyclic) bond motifs is 2. The van der Waals surface area contributed by atoms with Gasteiger partial charge in [0.25, 0.3) is 0 Å². The monoisotopic (exact) mass is 625 g/mol. The van der Waals surface area contributed by atoms with E-state index in [-0.39, 0.29) is 34.8 Å². The van der Waals surface area contributed by atoms with Gasteiger partial charge in [0, 0.05) is 24.2 Å². The molecule has 2 heterocycles. The van der Waals surface area contributed by atoms with Gasteiger partial charge < -0.3 is 26.2 Å². The summed E-state index contributed by atoms with van der Waals surface area (Å²) >= 11 is 12.3. The van der Waals surface area contributed by atoms with Crippen molar-refractivity contribution in [3.8, 4) is 0 Å². The van der Waals surface area contributed by atoms with Gasteiger partial charge in [-0.2, -0.15) is 0 Å². The van der Waals surface area contributed by atoms with Crippen LogP contribution in [0.4, 0.5) is 14.5 Å². The second kappa shape index (κ2) is 12.4. The first kappa shape index (κ1) is 32.1. The van der Waals surface area contributed by atoms with Crippen LogP contribution in [-0.2, 0) is 19.8 Å². The van der Waals surface area contributed by atoms with Crippen molar-refractivity contribution in [2.24, 2.45) is 5.41 Å². The Kier molecular flexibility index (Phi) is 9.52. The third-order valence-electron chi connectivity index (χ3n) is 7.96. The largest absolute Gasteiger partial charge is 0.481 e. The van der Waals surface area contributed by atoms with E-state index in [4.69, 9.17) is 28.3 Å². The van der Waals surface area contributed by atoms with Gasteiger partial charge in [-0.3, -0.25) is 14.4 Å². The summed E-state index contributed by atoms with van der Waals surface area (Å²) in [5, 5.41) is 27.4. The number of unbranched alkanes of at least 4 members (excludes halogenated alkanes) is 1. The third kappa shape index (κ3) is 6.41. The fourth-order valence-electron chi connectivity index (χ4n) is 6.27. The second-order valence-corrected chi connectivity index (χ2v) is 13.1. The highest BCUT2D eigenvalue weighted by Crippen LogP contribution is 2.57. The maximum absolute atomic E-state index is 15.0. The first-order chi connectivity index (χ1) is 19.6. The van der Waals surface area contributed by atoms with Gasteiger partial charge in [-0.1, -0.05) is 50.0 Å². The molecule has 0 radical (unpaired) electrons. The minimum atomic E-state index is -1.46. The van der Waals surface area contributed by atoms with Crippen molar-refractivity contribution < 1.29 is 33.4 Å². The molecule has 1 saturated heterocycles. The zero-order valence-corrected chi connectivity index (χ0v) is 25.1. The van der Waals surface area contributed by atoms with Gasteiger partial charge in [0.1, 0.15) is 17.0 Å². The van der Waals surface area contributed by atoms with E-state index in [1.54, 1.807) is 0 Å². The SMILES string of the molecule is CC(C)(C)C[C@H]1N[C@@H](C(=O)NCCCC[C@@H](O)CC(=O)O)[C@H](c2ccc(F)c(Cl)c2)[C@@]12C(=O)Nc1cc(Cl)c(F)cc12. The molecule has 5 atom stereocenters. The van der Waals surface area contributed by atoms with Crippen molar-refractivity contribution >= 4 is 46.7 Å². The Morgan fingerprint density at radius 3 is 2.43 bits per heavy atom. The zero-order chi connectivity index (χ0) is 31.0. The lowest BCUT2D eigenvalue weighted by atomic mass is 9.62. The standard InChI is InChI=1S/C30H35Cl2F2N3O5/c1-29(2,3)14-23-30(17-12-21(34)19(32)13-22(17)36-28(30)42)25(15-7-8-20(33)18(31)10-15)26(37-23)27(41)35-9-5-4-6-16(38)11-24(39)40/h7-8,10,12-13,16,23,25-26,37-38H,4-6,9,11,14H2,1-3H3,(H,35,41)(H,36,42)(H,39,40)/t16-,23-,25+,26-,30+/m1/s1. The summed E-state index contributed by atoms with van der Waals surface area (Å²) in [7, 11) is 0. The van der Waals surface area contributed by atoms with Crippen LogP contribution in [0.2, 0.25) is 10.0 Å². The van der Waals surface area contributed by atoms with Gasteiger partial charge in [-0.15, -0.1) is 0 Å². The lowest BCUT2D eigenvalue weighted by Crippen LogP contribution is -2.49. The number of carboxylic acid groups (broad SMARTS) is 1. The smallest absolute Gasteiger partial charge is 0.305 e. The molecule has 4 rings (SSSR count). The van der Waals surface area contributed by atoms with Crippen LogP contribution in [0.25, 0.3) is 0 Å². The number of hydrogen-bond donors (Lipinski definition) is 5. The summed E-state index contributed by atoms with van der Waals surface area (Å²) in [6.07, 6.45) is 0.327. The summed E-state index contributed by atoms with van der Waals surface area (Å²) in [5.41, 5.74) is -0.652. The number of halogens is 4. The molecule has 2 aromatic carbocycles. The fraction of sp³-hybridized carbons (Fsp3) is 0.500. The van der Waals surface area contributed by atoms with E-state index < -0.39 is 58.9 Å². The van der Waals surface area contributed by atoms with E-state index in [1.165, 1.54) is 30.3 Å². The van der Waals surface area contributed by atoms with Crippen LogP contribution in [0.15, 0.2) is 30.3 Å². The molecular formula is C30H35Cl2F2N3O5. The van der Waals surface area contributed by atoms with Crippen LogP contribution in [0.3, 0.4) is 0 Å². The molecule has 2 aliphatic heterocycles. The van der Waals surface area contributed by atoms with Gasteiger partial charge in [0.05, 0.1) is 28.6 Å². The Morgan fingerprint density at radius 2 is 1.79 bits per heavy atom. The molecule has 0 unspecified atom stereocenters. The molecule has 228 valence electrons. The molecule has 2 aliphatic rings. The molecule has 0 bridgehead atoms. The van der Waals surface area contributed by atoms with E-state index in [2.05, 4.69) is 16.0 Å². The summed E-state index contributed by atoms with van der Waals surface area (Å²) in [6, 6.07) is 5.03. The molecule has 8 nitrogen and oxygen atoms in total. The molecule has 1 fully saturated rings. The van der Waals surface area contributed by atoms with Crippen molar-refractivity contribution in [2.75, 3.05) is 11.9 Å². The van der Waals surface area contributed by atoms with Gasteiger partial charge in [0.2, 0.25) is 11.8 Å². The minimum absolute atomic E-state index is 0.159. The lowest BCUT2D eigenvalue weighted by Gasteiger charge is -2.37. The highest BCUT2D eigenvalue weighted by Gasteiger charge is 2.65. The normalized spacial score (nSPS) is 24.0. The maximum atomic E-state index is 15.0. The molecule has 5 N–H and O–H groups in total. The number of carboxylic acids is 1. The van der Waals surface area contributed by atoms with E-state index in [0.29, 0.717) is 36.1 Å². The van der Waals surface area contributed by atoms with E-state index >= 15 is 0 Å². The summed E-state index contributed by atoms with van der Waals surface area (Å²) in [6.45, 7) is 6.22. The third-order valence-corrected chi connectivity index (χ3v) is 8.54. The fourth-order valence-corrected chi connectivity index (χ4v) is 6.62. The Balaban J connectivity index is 1.73. The molecule has 42 heavy (non-hydrogen) atoms. The quantitative estimate of drug-likeness (QED) is 0.233. The molecule has 0 saturated carbocycles. The van der Waals surface area contributed by atoms with Crippen molar-refractivity contribution in [3.05, 3.63) is 63.1 Å². The van der Waals surface area contributed by atoms with Crippen molar-refractivity contribution in [1.82, 2.24) is 10.6 Å². The Hall–Kier alpha value is -2.79. The maximum Gasteiger partial charge on any atom is 0.305 e. The average molecular weight is 627 g/mol. The number of anilines is 1. The highest BCUT2D eigenvalue weighted by atomic mass is 35.5. The highest BCUT2D eigenvalue weighted by molar-refractivity contribution is 6.31. The molecule has 0 aliphatic carbocycles. The summed E-state index contributed by atoms with van der Waals surface area (Å²) < 4.78 is 29.2. The number of benzene rings is 2. The molecule has 1 spiro atoms. The van der Waals surface area contributed by atoms with E-state index in [9.17, 15) is 28.3 Å². The Labute approximate surface area is 253 Å². The predicted molar refractivity (Wildman–Crippen MR) is 156 cm³/mol. The van der Waals surface area contributed by atoms with Crippen molar-refractivity contribution in [3.63, 3.8) is 0 Å². The van der Waals surface area contributed by atoms with Crippen LogP contribution in [-0.4, -0.2) is 52.7 Å². The van der Waals surface area contributed by atoms with Crippen LogP contribution in [0, 0.1) is 17.0 Å². The van der Waals surface area contributed by atoms with Crippen molar-refractivity contribution in [1.29, 1.82) is 0 Å². The number of hydrogen-bond acceptors (Lipinski definition) is 5. The van der Waals surface area contributed by atoms with E-state index in [1.807, 2.05) is 20.8 Å². The second-order valence-electron chi connectivity index (χ2n) is 12.3. The number of rotatable bonds is 10. The summed E-state index contributed by atoms with van der Waals surface area (Å²) in [5.74, 6) is -4.22. The van der Waals surface area contributed by atoms with E-state index in [0.717, 1.165) is 0 Å². The van der Waals surface area contributed by atoms with Gasteiger partial charge in [-0.05, 0) is 66.5 Å². The minimum Gasteiger partial charge on any atom is -0.481 e. The first-order valence-corrected chi connectivity index (χ1v) is 14.6. The van der Waals surface area contributed by atoms with Crippen LogP contribution < -0.4 is 16.0 Å². The number of aliphatic carboxylic acids is 1. The van der Waals surface area contributed by atoms with Gasteiger partial charge >= 0.3 is 5.97 Å². The van der Waals surface area contributed by atoms with Crippen LogP contribution in [0.1, 0.15) is 69.9 Å². The van der Waals surface area contributed by atoms with Gasteiger partial charge in [-0.25, -0.2) is 8.78 Å². The zero-order valence-electron chi connectivity index (χ0n) is 23.6. The first-order valence-electron chi connectivity index (χ1n) is 13.8. The number of aliphatic hydroxyl groups is 1. The predicted octanol–water partition coefficient (Wildman–Crippen LogP) is 5.14. The number of nitrogens with one attached hydrogen (secondary N) is 3. The Morgan fingerprint density at radius 1 is 1.10 bits per heavy atom. The van der Waals surface area contributed by atoms with Gasteiger partial charge in [0.15, 0.2) is 0 Å². The summed E-state index contributed by atoms with van der Waals surface area (Å²) in [4.78, 5) is 38.6. The number of carbonyl (C=O) groups excluding carboxylic acids is 2. The molecule has 2 amide bonds. The van der Waals surface area contributed by atoms with Crippen LogP contribution in [0.5, 0.6) is 0 Å². The number of carbonyl (C=O) groups is 3. The van der Waals surface area contributed by atoms with Crippen molar-refractivity contribution in [2.45, 2.75) is 82.4 Å². The number of amides is 2. The topological polar surface area (TPSA) is 128 Å². The van der Waals surface area contributed by atoms with Crippen LogP contribution >= 0.6 is 23.2 Å². The Bertz CT molecular complexity index is 1390.